The van der Waals surface area contributed by atoms with Crippen molar-refractivity contribution in [3.8, 4) is 0 Å². The Morgan fingerprint density at radius 2 is 1.93 bits per heavy atom. The van der Waals surface area contributed by atoms with Gasteiger partial charge in [0.25, 0.3) is 0 Å². The van der Waals surface area contributed by atoms with Crippen molar-refractivity contribution >= 4 is 28.7 Å². The minimum Gasteiger partial charge on any atom is -0.369 e. The molecule has 0 unspecified atom stereocenters. The second-order valence-corrected chi connectivity index (χ2v) is 7.64. The SMILES string of the molecule is CCc1nn(C)c2nc(N3CCC(C(N)=O)CC3)nc(NCc3ccc(F)cc3)c12. The molecule has 1 aromatic carbocycles. The van der Waals surface area contributed by atoms with Crippen LogP contribution < -0.4 is 16.0 Å². The van der Waals surface area contributed by atoms with Crippen molar-refractivity contribution in [1.29, 1.82) is 0 Å². The maximum atomic E-state index is 13.2. The molecule has 2 aromatic heterocycles. The van der Waals surface area contributed by atoms with Gasteiger partial charge in [0.2, 0.25) is 11.9 Å². The number of nitrogens with one attached hydrogen (secondary N) is 1. The lowest BCUT2D eigenvalue weighted by atomic mass is 9.96. The highest BCUT2D eigenvalue weighted by molar-refractivity contribution is 5.90. The molecule has 30 heavy (non-hydrogen) atoms. The van der Waals surface area contributed by atoms with Crippen LogP contribution in [-0.4, -0.2) is 38.7 Å². The van der Waals surface area contributed by atoms with Crippen LogP contribution in [0.1, 0.15) is 31.0 Å². The van der Waals surface area contributed by atoms with Crippen LogP contribution in [0.5, 0.6) is 0 Å². The van der Waals surface area contributed by atoms with Crippen molar-refractivity contribution in [3.05, 3.63) is 41.3 Å². The van der Waals surface area contributed by atoms with E-state index in [1.807, 2.05) is 14.0 Å². The number of nitrogens with two attached hydrogens (primary N) is 1. The molecular weight excluding hydrogens is 385 g/mol. The number of piperidine rings is 1. The molecule has 3 aromatic rings. The summed E-state index contributed by atoms with van der Waals surface area (Å²) in [6.45, 7) is 3.91. The Bertz CT molecular complexity index is 1060. The van der Waals surface area contributed by atoms with Crippen molar-refractivity contribution < 1.29 is 9.18 Å². The summed E-state index contributed by atoms with van der Waals surface area (Å²) in [7, 11) is 1.88. The van der Waals surface area contributed by atoms with E-state index in [1.54, 1.807) is 16.8 Å². The van der Waals surface area contributed by atoms with E-state index in [9.17, 15) is 9.18 Å². The molecule has 0 radical (unpaired) electrons. The van der Waals surface area contributed by atoms with Gasteiger partial charge in [-0.25, -0.2) is 9.07 Å². The number of aromatic nitrogens is 4. The predicted molar refractivity (Wildman–Crippen MR) is 114 cm³/mol. The van der Waals surface area contributed by atoms with Gasteiger partial charge < -0.3 is 16.0 Å². The van der Waals surface area contributed by atoms with Gasteiger partial charge in [0, 0.05) is 32.6 Å². The van der Waals surface area contributed by atoms with Gasteiger partial charge in [0.05, 0.1) is 11.1 Å². The Balaban J connectivity index is 1.66. The van der Waals surface area contributed by atoms with Gasteiger partial charge >= 0.3 is 0 Å². The van der Waals surface area contributed by atoms with Crippen molar-refractivity contribution in [2.75, 3.05) is 23.3 Å². The van der Waals surface area contributed by atoms with Gasteiger partial charge in [0.15, 0.2) is 5.65 Å². The first-order valence-electron chi connectivity index (χ1n) is 10.2. The Hall–Kier alpha value is -3.23. The summed E-state index contributed by atoms with van der Waals surface area (Å²) >= 11 is 0. The molecule has 0 atom stereocenters. The van der Waals surface area contributed by atoms with Gasteiger partial charge in [-0.2, -0.15) is 15.1 Å². The molecule has 1 aliphatic rings. The van der Waals surface area contributed by atoms with Crippen LogP contribution in [0.3, 0.4) is 0 Å². The lowest BCUT2D eigenvalue weighted by Crippen LogP contribution is -2.39. The van der Waals surface area contributed by atoms with Gasteiger partial charge in [-0.1, -0.05) is 19.1 Å². The smallest absolute Gasteiger partial charge is 0.229 e. The van der Waals surface area contributed by atoms with Crippen LogP contribution in [0.4, 0.5) is 16.2 Å². The summed E-state index contributed by atoms with van der Waals surface area (Å²) in [4.78, 5) is 23.1. The predicted octanol–water partition coefficient (Wildman–Crippen LogP) is 2.38. The first kappa shape index (κ1) is 20.1. The molecule has 1 saturated heterocycles. The van der Waals surface area contributed by atoms with Crippen LogP contribution >= 0.6 is 0 Å². The van der Waals surface area contributed by atoms with Gasteiger partial charge in [-0.3, -0.25) is 4.79 Å². The third kappa shape index (κ3) is 3.92. The first-order chi connectivity index (χ1) is 14.5. The standard InChI is InChI=1S/C21H26FN7O/c1-3-16-17-19(24-12-13-4-6-15(22)7-5-13)25-21(26-20(17)28(2)27-16)29-10-8-14(9-11-29)18(23)30/h4-7,14H,3,8-12H2,1-2H3,(H2,23,30)(H,24,25,26). The van der Waals surface area contributed by atoms with Crippen LogP contribution in [0, 0.1) is 11.7 Å². The number of amides is 1. The van der Waals surface area contributed by atoms with E-state index in [-0.39, 0.29) is 17.6 Å². The minimum absolute atomic E-state index is 0.0931. The zero-order valence-electron chi connectivity index (χ0n) is 17.2. The van der Waals surface area contributed by atoms with Crippen LogP contribution in [0.15, 0.2) is 24.3 Å². The first-order valence-corrected chi connectivity index (χ1v) is 10.2. The third-order valence-electron chi connectivity index (χ3n) is 5.63. The highest BCUT2D eigenvalue weighted by Crippen LogP contribution is 2.29. The summed E-state index contributed by atoms with van der Waals surface area (Å²) in [5.41, 5.74) is 8.09. The largest absolute Gasteiger partial charge is 0.369 e. The Morgan fingerprint density at radius 1 is 1.23 bits per heavy atom. The zero-order valence-corrected chi connectivity index (χ0v) is 17.2. The van der Waals surface area contributed by atoms with E-state index in [0.717, 1.165) is 28.7 Å². The van der Waals surface area contributed by atoms with E-state index in [1.165, 1.54) is 12.1 Å². The van der Waals surface area contributed by atoms with E-state index in [4.69, 9.17) is 15.7 Å². The summed E-state index contributed by atoms with van der Waals surface area (Å²) in [5.74, 6) is 0.723. The number of nitrogens with zero attached hydrogens (tertiary/aromatic N) is 5. The molecule has 1 aliphatic heterocycles. The fraction of sp³-hybridized carbons (Fsp3) is 0.429. The molecule has 0 bridgehead atoms. The molecule has 0 spiro atoms. The van der Waals surface area contributed by atoms with Crippen LogP contribution in [0.2, 0.25) is 0 Å². The number of rotatable bonds is 6. The molecule has 9 heteroatoms. The average Bonchev–Trinajstić information content (AvgIpc) is 3.09. The van der Waals surface area contributed by atoms with E-state index >= 15 is 0 Å². The number of carbonyl (C=O) groups is 1. The zero-order chi connectivity index (χ0) is 21.3. The molecule has 0 saturated carbocycles. The second-order valence-electron chi connectivity index (χ2n) is 7.64. The third-order valence-corrected chi connectivity index (χ3v) is 5.63. The normalized spacial score (nSPS) is 15.0. The molecule has 1 fully saturated rings. The molecule has 4 rings (SSSR count). The van der Waals surface area contributed by atoms with Gasteiger partial charge in [-0.15, -0.1) is 0 Å². The van der Waals surface area contributed by atoms with Crippen LogP contribution in [0.25, 0.3) is 11.0 Å². The number of carbonyl (C=O) groups excluding carboxylic acids is 1. The van der Waals surface area contributed by atoms with Crippen molar-refractivity contribution in [3.63, 3.8) is 0 Å². The second kappa shape index (κ2) is 8.25. The number of hydrogen-bond acceptors (Lipinski definition) is 6. The summed E-state index contributed by atoms with van der Waals surface area (Å²) < 4.78 is 15.0. The molecular formula is C21H26FN7O. The summed E-state index contributed by atoms with van der Waals surface area (Å²) in [6.07, 6.45) is 2.15. The topological polar surface area (TPSA) is 102 Å². The fourth-order valence-electron chi connectivity index (χ4n) is 3.88. The highest BCUT2D eigenvalue weighted by atomic mass is 19.1. The number of fused-ring (bicyclic) bond motifs is 1. The molecule has 8 nitrogen and oxygen atoms in total. The summed E-state index contributed by atoms with van der Waals surface area (Å²) in [5, 5.41) is 8.89. The molecule has 158 valence electrons. The Labute approximate surface area is 174 Å². The number of anilines is 2. The number of halogens is 1. The van der Waals surface area contributed by atoms with Crippen LogP contribution in [-0.2, 0) is 24.8 Å². The van der Waals surface area contributed by atoms with E-state index in [2.05, 4.69) is 15.3 Å². The van der Waals surface area contributed by atoms with Crippen molar-refractivity contribution in [1.82, 2.24) is 19.7 Å². The maximum Gasteiger partial charge on any atom is 0.229 e. The Kier molecular flexibility index (Phi) is 5.52. The monoisotopic (exact) mass is 411 g/mol. The molecule has 3 heterocycles. The van der Waals surface area contributed by atoms with Crippen molar-refractivity contribution in [2.24, 2.45) is 18.7 Å². The van der Waals surface area contributed by atoms with Gasteiger partial charge in [0.1, 0.15) is 11.6 Å². The lowest BCUT2D eigenvalue weighted by molar-refractivity contribution is -0.122. The molecule has 3 N–H and O–H groups in total. The number of hydrogen-bond donors (Lipinski definition) is 2. The Morgan fingerprint density at radius 3 is 2.57 bits per heavy atom. The minimum atomic E-state index is -0.259. The van der Waals surface area contributed by atoms with Crippen molar-refractivity contribution in [2.45, 2.75) is 32.7 Å². The maximum absolute atomic E-state index is 13.2. The van der Waals surface area contributed by atoms with Gasteiger partial charge in [-0.05, 0) is 37.0 Å². The number of aryl methyl sites for hydroxylation is 2. The highest BCUT2D eigenvalue weighted by Gasteiger charge is 2.26. The lowest BCUT2D eigenvalue weighted by Gasteiger charge is -2.30. The number of primary amides is 1. The van der Waals surface area contributed by atoms with E-state index in [0.29, 0.717) is 44.2 Å². The average molecular weight is 411 g/mol. The summed E-state index contributed by atoms with van der Waals surface area (Å²) in [6, 6.07) is 6.39. The fourth-order valence-corrected chi connectivity index (χ4v) is 3.88. The van der Waals surface area contributed by atoms with E-state index < -0.39 is 0 Å². The quantitative estimate of drug-likeness (QED) is 0.646. The molecule has 0 aliphatic carbocycles. The molecule has 1 amide bonds. The number of benzene rings is 1.